The van der Waals surface area contributed by atoms with Crippen molar-refractivity contribution in [2.24, 2.45) is 5.92 Å². The molecule has 1 saturated carbocycles. The summed E-state index contributed by atoms with van der Waals surface area (Å²) in [5.74, 6) is 0.554. The molecule has 1 aliphatic rings. The largest absolute Gasteiger partial charge is 0.314 e. The van der Waals surface area contributed by atoms with Crippen LogP contribution in [0.3, 0.4) is 0 Å². The summed E-state index contributed by atoms with van der Waals surface area (Å²) in [5.41, 5.74) is 0.857. The number of nitrogens with one attached hydrogen (secondary N) is 1. The van der Waals surface area contributed by atoms with Crippen LogP contribution < -0.4 is 5.32 Å². The topological polar surface area (TPSA) is 12.0 Å². The molecule has 0 aliphatic heterocycles. The molecule has 106 valence electrons. The van der Waals surface area contributed by atoms with Crippen molar-refractivity contribution in [3.63, 3.8) is 0 Å². The van der Waals surface area contributed by atoms with E-state index < -0.39 is 0 Å². The first kappa shape index (κ1) is 15.0. The van der Waals surface area contributed by atoms with Gasteiger partial charge in [-0.2, -0.15) is 0 Å². The lowest BCUT2D eigenvalue weighted by Gasteiger charge is -2.30. The van der Waals surface area contributed by atoms with Gasteiger partial charge < -0.3 is 5.32 Å². The summed E-state index contributed by atoms with van der Waals surface area (Å²) in [6, 6.07) is 5.90. The molecule has 0 spiro atoms. The Labute approximate surface area is 124 Å². The first-order valence-corrected chi connectivity index (χ1v) is 8.15. The van der Waals surface area contributed by atoms with E-state index in [9.17, 15) is 4.39 Å². The summed E-state index contributed by atoms with van der Waals surface area (Å²) in [6.07, 6.45) is 7.01. The fourth-order valence-electron chi connectivity index (χ4n) is 3.02. The molecule has 2 atom stereocenters. The van der Waals surface area contributed by atoms with Gasteiger partial charge in [-0.25, -0.2) is 4.39 Å². The maximum Gasteiger partial charge on any atom is 0.126 e. The summed E-state index contributed by atoms with van der Waals surface area (Å²) in [4.78, 5) is 0. The van der Waals surface area contributed by atoms with Gasteiger partial charge in [0.2, 0.25) is 0 Å². The first-order chi connectivity index (χ1) is 9.19. The Balaban J connectivity index is 1.93. The van der Waals surface area contributed by atoms with E-state index in [4.69, 9.17) is 0 Å². The molecule has 1 fully saturated rings. The fourth-order valence-corrected chi connectivity index (χ4v) is 3.43. The minimum atomic E-state index is -0.0631. The molecule has 1 aliphatic carbocycles. The molecule has 0 amide bonds. The van der Waals surface area contributed by atoms with Crippen LogP contribution in [0.5, 0.6) is 0 Å². The van der Waals surface area contributed by atoms with Crippen molar-refractivity contribution in [1.29, 1.82) is 0 Å². The Bertz CT molecular complexity index is 408. The smallest absolute Gasteiger partial charge is 0.126 e. The molecule has 0 saturated heterocycles. The molecule has 0 heterocycles. The van der Waals surface area contributed by atoms with Gasteiger partial charge in [0.15, 0.2) is 0 Å². The molecule has 2 unspecified atom stereocenters. The quantitative estimate of drug-likeness (QED) is 0.827. The Morgan fingerprint density at radius 2 is 2.21 bits per heavy atom. The fraction of sp³-hybridized carbons (Fsp3) is 0.625. The van der Waals surface area contributed by atoms with Gasteiger partial charge in [-0.15, -0.1) is 0 Å². The van der Waals surface area contributed by atoms with Crippen molar-refractivity contribution >= 4 is 15.9 Å². The van der Waals surface area contributed by atoms with Crippen LogP contribution in [0, 0.1) is 11.7 Å². The molecule has 1 aromatic rings. The van der Waals surface area contributed by atoms with Crippen molar-refractivity contribution in [3.05, 3.63) is 34.1 Å². The lowest BCUT2D eigenvalue weighted by molar-refractivity contribution is 0.282. The van der Waals surface area contributed by atoms with Crippen molar-refractivity contribution in [3.8, 4) is 0 Å². The molecular formula is C16H23BrFN. The predicted octanol–water partition coefficient (Wildman–Crippen LogP) is 4.69. The monoisotopic (exact) mass is 327 g/mol. The minimum Gasteiger partial charge on any atom is -0.314 e. The lowest BCUT2D eigenvalue weighted by Crippen LogP contribution is -2.35. The lowest BCUT2D eigenvalue weighted by atomic mass is 9.82. The second kappa shape index (κ2) is 7.39. The average Bonchev–Trinajstić information content (AvgIpc) is 2.41. The molecular weight excluding hydrogens is 305 g/mol. The molecule has 0 radical (unpaired) electrons. The van der Waals surface area contributed by atoms with Gasteiger partial charge in [0.05, 0.1) is 0 Å². The zero-order valence-corrected chi connectivity index (χ0v) is 13.2. The van der Waals surface area contributed by atoms with E-state index in [2.05, 4.69) is 28.2 Å². The highest BCUT2D eigenvalue weighted by Crippen LogP contribution is 2.29. The molecule has 0 aromatic heterocycles. The van der Waals surface area contributed by atoms with E-state index in [1.54, 1.807) is 12.1 Å². The van der Waals surface area contributed by atoms with Crippen molar-refractivity contribution < 1.29 is 4.39 Å². The van der Waals surface area contributed by atoms with Gasteiger partial charge in [-0.05, 0) is 61.9 Å². The van der Waals surface area contributed by atoms with E-state index in [0.29, 0.717) is 12.0 Å². The second-order valence-electron chi connectivity index (χ2n) is 5.62. The molecule has 1 aromatic carbocycles. The average molecular weight is 328 g/mol. The summed E-state index contributed by atoms with van der Waals surface area (Å²) in [7, 11) is 0. The SMILES string of the molecule is CCCNC1CCCC(Cc2cc(Br)ccc2F)C1. The number of rotatable bonds is 5. The summed E-state index contributed by atoms with van der Waals surface area (Å²) in [6.45, 7) is 3.30. The summed E-state index contributed by atoms with van der Waals surface area (Å²) in [5, 5.41) is 3.61. The van der Waals surface area contributed by atoms with Gasteiger partial charge in [0.25, 0.3) is 0 Å². The second-order valence-corrected chi connectivity index (χ2v) is 6.54. The molecule has 1 N–H and O–H groups in total. The maximum atomic E-state index is 13.8. The summed E-state index contributed by atoms with van der Waals surface area (Å²) >= 11 is 3.43. The van der Waals surface area contributed by atoms with E-state index in [1.807, 2.05) is 6.07 Å². The third-order valence-electron chi connectivity index (χ3n) is 3.98. The van der Waals surface area contributed by atoms with Crippen LogP contribution in [0.25, 0.3) is 0 Å². The summed E-state index contributed by atoms with van der Waals surface area (Å²) < 4.78 is 14.8. The van der Waals surface area contributed by atoms with E-state index in [-0.39, 0.29) is 5.82 Å². The van der Waals surface area contributed by atoms with Crippen molar-refractivity contribution in [1.82, 2.24) is 5.32 Å². The van der Waals surface area contributed by atoms with E-state index >= 15 is 0 Å². The first-order valence-electron chi connectivity index (χ1n) is 7.36. The zero-order chi connectivity index (χ0) is 13.7. The minimum absolute atomic E-state index is 0.0631. The highest BCUT2D eigenvalue weighted by atomic mass is 79.9. The number of hydrogen-bond donors (Lipinski definition) is 1. The Morgan fingerprint density at radius 3 is 3.00 bits per heavy atom. The van der Waals surface area contributed by atoms with E-state index in [0.717, 1.165) is 23.0 Å². The van der Waals surface area contributed by atoms with Gasteiger partial charge >= 0.3 is 0 Å². The molecule has 0 bridgehead atoms. The molecule has 3 heteroatoms. The highest BCUT2D eigenvalue weighted by molar-refractivity contribution is 9.10. The van der Waals surface area contributed by atoms with Crippen LogP contribution >= 0.6 is 15.9 Å². The zero-order valence-electron chi connectivity index (χ0n) is 11.6. The van der Waals surface area contributed by atoms with Crippen LogP contribution in [0.2, 0.25) is 0 Å². The standard InChI is InChI=1S/C16H23BrFN/c1-2-8-19-15-5-3-4-12(10-15)9-13-11-14(17)6-7-16(13)18/h6-7,11-12,15,19H,2-5,8-10H2,1H3. The maximum absolute atomic E-state index is 13.8. The van der Waals surface area contributed by atoms with Crippen LogP contribution in [-0.2, 0) is 6.42 Å². The third-order valence-corrected chi connectivity index (χ3v) is 4.48. The van der Waals surface area contributed by atoms with Crippen molar-refractivity contribution in [2.45, 2.75) is 51.5 Å². The third kappa shape index (κ3) is 4.57. The van der Waals surface area contributed by atoms with Gasteiger partial charge in [0.1, 0.15) is 5.82 Å². The molecule has 19 heavy (non-hydrogen) atoms. The Kier molecular flexibility index (Phi) is 5.83. The van der Waals surface area contributed by atoms with E-state index in [1.165, 1.54) is 32.1 Å². The molecule has 2 rings (SSSR count). The Morgan fingerprint density at radius 1 is 1.37 bits per heavy atom. The normalized spacial score (nSPS) is 23.5. The number of benzene rings is 1. The van der Waals surface area contributed by atoms with Gasteiger partial charge in [-0.3, -0.25) is 0 Å². The number of halogens is 2. The number of hydrogen-bond acceptors (Lipinski definition) is 1. The van der Waals surface area contributed by atoms with Gasteiger partial charge in [-0.1, -0.05) is 35.7 Å². The van der Waals surface area contributed by atoms with Crippen LogP contribution in [0.4, 0.5) is 4.39 Å². The molecule has 1 nitrogen and oxygen atoms in total. The van der Waals surface area contributed by atoms with Crippen LogP contribution in [0.1, 0.15) is 44.6 Å². The van der Waals surface area contributed by atoms with Gasteiger partial charge in [0, 0.05) is 10.5 Å². The highest BCUT2D eigenvalue weighted by Gasteiger charge is 2.22. The predicted molar refractivity (Wildman–Crippen MR) is 81.8 cm³/mol. The Hall–Kier alpha value is -0.410. The van der Waals surface area contributed by atoms with Crippen LogP contribution in [-0.4, -0.2) is 12.6 Å². The van der Waals surface area contributed by atoms with Crippen LogP contribution in [0.15, 0.2) is 22.7 Å². The van der Waals surface area contributed by atoms with Crippen molar-refractivity contribution in [2.75, 3.05) is 6.54 Å².